The van der Waals surface area contributed by atoms with Gasteiger partial charge >= 0.3 is 0 Å². The van der Waals surface area contributed by atoms with E-state index in [9.17, 15) is 9.59 Å². The van der Waals surface area contributed by atoms with Crippen LogP contribution < -0.4 is 15.4 Å². The molecule has 0 heterocycles. The molecule has 2 aliphatic carbocycles. The van der Waals surface area contributed by atoms with Crippen LogP contribution in [0.4, 0.5) is 5.69 Å². The second-order valence-electron chi connectivity index (χ2n) is 7.78. The summed E-state index contributed by atoms with van der Waals surface area (Å²) in [7, 11) is 0. The van der Waals surface area contributed by atoms with Crippen molar-refractivity contribution in [3.05, 3.63) is 59.2 Å². The molecular formula is C23H26N2O3. The largest absolute Gasteiger partial charge is 0.492 e. The third kappa shape index (κ3) is 4.35. The van der Waals surface area contributed by atoms with Gasteiger partial charge in [-0.2, -0.15) is 0 Å². The Balaban J connectivity index is 1.24. The van der Waals surface area contributed by atoms with E-state index >= 15 is 0 Å². The number of carbonyl (C=O) groups is 2. The number of aryl methyl sites for hydroxylation is 2. The van der Waals surface area contributed by atoms with E-state index in [2.05, 4.69) is 29.7 Å². The number of hydrogen-bond acceptors (Lipinski definition) is 3. The van der Waals surface area contributed by atoms with Gasteiger partial charge in [-0.1, -0.05) is 19.1 Å². The van der Waals surface area contributed by atoms with Crippen LogP contribution in [0, 0.1) is 11.8 Å². The molecule has 1 saturated carbocycles. The van der Waals surface area contributed by atoms with Gasteiger partial charge in [0.1, 0.15) is 12.4 Å². The number of anilines is 1. The minimum atomic E-state index is -0.173. The maximum absolute atomic E-state index is 12.4. The summed E-state index contributed by atoms with van der Waals surface area (Å²) in [5, 5.41) is 5.76. The summed E-state index contributed by atoms with van der Waals surface area (Å²) in [6, 6.07) is 13.3. The average molecular weight is 378 g/mol. The van der Waals surface area contributed by atoms with Crippen molar-refractivity contribution in [1.29, 1.82) is 0 Å². The van der Waals surface area contributed by atoms with Crippen molar-refractivity contribution in [1.82, 2.24) is 5.32 Å². The molecule has 2 amide bonds. The Morgan fingerprint density at radius 3 is 2.75 bits per heavy atom. The van der Waals surface area contributed by atoms with Gasteiger partial charge in [-0.3, -0.25) is 9.59 Å². The van der Waals surface area contributed by atoms with Gasteiger partial charge in [0.05, 0.1) is 6.54 Å². The molecule has 0 aromatic heterocycles. The molecule has 0 radical (unpaired) electrons. The van der Waals surface area contributed by atoms with Gasteiger partial charge in [-0.15, -0.1) is 0 Å². The van der Waals surface area contributed by atoms with E-state index in [0.717, 1.165) is 25.0 Å². The molecule has 0 bridgehead atoms. The van der Waals surface area contributed by atoms with Gasteiger partial charge in [-0.25, -0.2) is 0 Å². The van der Waals surface area contributed by atoms with Crippen molar-refractivity contribution < 1.29 is 14.3 Å². The number of fused-ring (bicyclic) bond motifs is 1. The van der Waals surface area contributed by atoms with Crippen molar-refractivity contribution in [2.75, 3.05) is 18.5 Å². The summed E-state index contributed by atoms with van der Waals surface area (Å²) in [6.07, 6.45) is 4.44. The molecule has 2 aromatic rings. The van der Waals surface area contributed by atoms with Crippen molar-refractivity contribution in [2.45, 2.75) is 32.6 Å². The van der Waals surface area contributed by atoms with Crippen LogP contribution in [0.5, 0.6) is 5.75 Å². The molecule has 1 fully saturated rings. The van der Waals surface area contributed by atoms with Crippen molar-refractivity contribution >= 4 is 17.5 Å². The van der Waals surface area contributed by atoms with E-state index in [0.29, 0.717) is 30.3 Å². The van der Waals surface area contributed by atoms with E-state index < -0.39 is 0 Å². The molecule has 2 atom stereocenters. The first-order valence-corrected chi connectivity index (χ1v) is 10.0. The standard InChI is InChI=1S/C23H26N2O3/c1-15-12-21(15)23(27)25-19-7-3-6-18(13-19)22(26)24-10-11-28-20-9-8-16-4-2-5-17(16)14-20/h3,6-9,13-15,21H,2,4-5,10-12H2,1H3,(H,24,26)(H,25,27). The lowest BCUT2D eigenvalue weighted by Crippen LogP contribution is -2.28. The lowest BCUT2D eigenvalue weighted by atomic mass is 10.1. The minimum absolute atomic E-state index is 0.0350. The molecule has 146 valence electrons. The number of rotatable bonds is 7. The van der Waals surface area contributed by atoms with E-state index in [1.807, 2.05) is 6.07 Å². The Labute approximate surface area is 165 Å². The second kappa shape index (κ2) is 8.05. The zero-order valence-electron chi connectivity index (χ0n) is 16.2. The zero-order valence-corrected chi connectivity index (χ0v) is 16.2. The molecule has 0 aliphatic heterocycles. The SMILES string of the molecule is CC1CC1C(=O)Nc1cccc(C(=O)NCCOc2ccc3c(c2)CCC3)c1. The lowest BCUT2D eigenvalue weighted by molar-refractivity contribution is -0.117. The molecular weight excluding hydrogens is 352 g/mol. The van der Waals surface area contributed by atoms with Gasteiger partial charge in [0.15, 0.2) is 0 Å². The highest BCUT2D eigenvalue weighted by Crippen LogP contribution is 2.38. The molecule has 0 spiro atoms. The third-order valence-corrected chi connectivity index (χ3v) is 5.56. The summed E-state index contributed by atoms with van der Waals surface area (Å²) in [6.45, 7) is 2.91. The Morgan fingerprint density at radius 2 is 1.93 bits per heavy atom. The predicted molar refractivity (Wildman–Crippen MR) is 109 cm³/mol. The Kier molecular flexibility index (Phi) is 5.33. The number of carbonyl (C=O) groups excluding carboxylic acids is 2. The number of amides is 2. The Hall–Kier alpha value is -2.82. The summed E-state index contributed by atoms with van der Waals surface area (Å²) in [4.78, 5) is 24.4. The maximum Gasteiger partial charge on any atom is 0.251 e. The first kappa shape index (κ1) is 18.5. The zero-order chi connectivity index (χ0) is 19.5. The van der Waals surface area contributed by atoms with Crippen LogP contribution in [0.25, 0.3) is 0 Å². The summed E-state index contributed by atoms with van der Waals surface area (Å²) in [5.74, 6) is 1.28. The van der Waals surface area contributed by atoms with Crippen molar-refractivity contribution in [3.63, 3.8) is 0 Å². The highest BCUT2D eigenvalue weighted by molar-refractivity contribution is 5.98. The Bertz CT molecular complexity index is 893. The van der Waals surface area contributed by atoms with E-state index in [-0.39, 0.29) is 17.7 Å². The van der Waals surface area contributed by atoms with E-state index in [4.69, 9.17) is 4.74 Å². The highest BCUT2D eigenvalue weighted by Gasteiger charge is 2.39. The number of nitrogens with one attached hydrogen (secondary N) is 2. The molecule has 4 rings (SSSR count). The quantitative estimate of drug-likeness (QED) is 0.724. The van der Waals surface area contributed by atoms with Crippen LogP contribution in [-0.2, 0) is 17.6 Å². The maximum atomic E-state index is 12.4. The van der Waals surface area contributed by atoms with Gasteiger partial charge in [0.25, 0.3) is 5.91 Å². The van der Waals surface area contributed by atoms with Crippen LogP contribution in [0.2, 0.25) is 0 Å². The van der Waals surface area contributed by atoms with Gasteiger partial charge in [0.2, 0.25) is 5.91 Å². The first-order valence-electron chi connectivity index (χ1n) is 10.0. The lowest BCUT2D eigenvalue weighted by Gasteiger charge is -2.10. The number of hydrogen-bond donors (Lipinski definition) is 2. The smallest absolute Gasteiger partial charge is 0.251 e. The van der Waals surface area contributed by atoms with Gasteiger partial charge in [-0.05, 0) is 73.1 Å². The van der Waals surface area contributed by atoms with Crippen LogP contribution in [0.15, 0.2) is 42.5 Å². The summed E-state index contributed by atoms with van der Waals surface area (Å²) >= 11 is 0. The second-order valence-corrected chi connectivity index (χ2v) is 7.78. The number of benzene rings is 2. The fraction of sp³-hybridized carbons (Fsp3) is 0.391. The fourth-order valence-electron chi connectivity index (χ4n) is 3.73. The summed E-state index contributed by atoms with van der Waals surface area (Å²) < 4.78 is 5.77. The van der Waals surface area contributed by atoms with Gasteiger partial charge < -0.3 is 15.4 Å². The van der Waals surface area contributed by atoms with Crippen LogP contribution >= 0.6 is 0 Å². The third-order valence-electron chi connectivity index (χ3n) is 5.56. The molecule has 2 aliphatic rings. The van der Waals surface area contributed by atoms with Crippen molar-refractivity contribution in [3.8, 4) is 5.75 Å². The highest BCUT2D eigenvalue weighted by atomic mass is 16.5. The number of ether oxygens (including phenoxy) is 1. The normalized spacial score (nSPS) is 19.6. The molecule has 0 saturated heterocycles. The molecule has 2 aromatic carbocycles. The van der Waals surface area contributed by atoms with E-state index in [1.54, 1.807) is 24.3 Å². The molecule has 5 heteroatoms. The fourth-order valence-corrected chi connectivity index (χ4v) is 3.73. The van der Waals surface area contributed by atoms with Crippen LogP contribution in [0.1, 0.15) is 41.3 Å². The van der Waals surface area contributed by atoms with Gasteiger partial charge in [0, 0.05) is 17.2 Å². The molecule has 28 heavy (non-hydrogen) atoms. The minimum Gasteiger partial charge on any atom is -0.492 e. The first-order chi connectivity index (χ1) is 13.6. The Morgan fingerprint density at radius 1 is 1.11 bits per heavy atom. The van der Waals surface area contributed by atoms with Crippen LogP contribution in [0.3, 0.4) is 0 Å². The molecule has 2 unspecified atom stereocenters. The monoisotopic (exact) mass is 378 g/mol. The van der Waals surface area contributed by atoms with Crippen LogP contribution in [-0.4, -0.2) is 25.0 Å². The topological polar surface area (TPSA) is 67.4 Å². The molecule has 5 nitrogen and oxygen atoms in total. The van der Waals surface area contributed by atoms with E-state index in [1.165, 1.54) is 17.5 Å². The average Bonchev–Trinajstić information content (AvgIpc) is 3.25. The predicted octanol–water partition coefficient (Wildman–Crippen LogP) is 3.58. The summed E-state index contributed by atoms with van der Waals surface area (Å²) in [5.41, 5.74) is 3.98. The molecule has 2 N–H and O–H groups in total. The van der Waals surface area contributed by atoms with Crippen molar-refractivity contribution in [2.24, 2.45) is 11.8 Å².